The van der Waals surface area contributed by atoms with E-state index in [2.05, 4.69) is 11.2 Å². The monoisotopic (exact) mass is 245 g/mol. The van der Waals surface area contributed by atoms with E-state index in [4.69, 9.17) is 0 Å². The number of thioether (sulfide) groups is 1. The van der Waals surface area contributed by atoms with Crippen LogP contribution in [0.3, 0.4) is 0 Å². The van der Waals surface area contributed by atoms with Gasteiger partial charge in [0.2, 0.25) is 0 Å². The molecule has 0 spiro atoms. The summed E-state index contributed by atoms with van der Waals surface area (Å²) in [5.74, 6) is 0.575. The Kier molecular flexibility index (Phi) is 5.62. The molecule has 0 amide bonds. The van der Waals surface area contributed by atoms with Gasteiger partial charge in [-0.25, -0.2) is 0 Å². The van der Waals surface area contributed by atoms with Gasteiger partial charge in [-0.2, -0.15) is 11.8 Å². The van der Waals surface area contributed by atoms with Crippen LogP contribution in [0.25, 0.3) is 0 Å². The molecule has 3 nitrogen and oxygen atoms in total. The molecule has 1 N–H and O–H groups in total. The van der Waals surface area contributed by atoms with Crippen LogP contribution >= 0.6 is 11.8 Å². The van der Waals surface area contributed by atoms with Crippen molar-refractivity contribution >= 4 is 17.7 Å². The third-order valence-electron chi connectivity index (χ3n) is 3.36. The number of piperidine rings is 1. The number of aliphatic carboxylic acids is 1. The molecule has 0 bridgehead atoms. The maximum atomic E-state index is 11.2. The molecular weight excluding hydrogens is 222 g/mol. The molecule has 94 valence electrons. The van der Waals surface area contributed by atoms with Gasteiger partial charge >= 0.3 is 5.97 Å². The van der Waals surface area contributed by atoms with Crippen LogP contribution in [0.5, 0.6) is 0 Å². The van der Waals surface area contributed by atoms with Crippen molar-refractivity contribution in [1.82, 2.24) is 4.90 Å². The second kappa shape index (κ2) is 6.50. The molecule has 0 aromatic rings. The average molecular weight is 245 g/mol. The molecule has 0 aromatic carbocycles. The number of carbonyl (C=O) groups is 1. The summed E-state index contributed by atoms with van der Waals surface area (Å²) in [5.41, 5.74) is -0.516. The highest BCUT2D eigenvalue weighted by molar-refractivity contribution is 7.98. The van der Waals surface area contributed by atoms with Crippen LogP contribution in [0.4, 0.5) is 0 Å². The smallest absolute Gasteiger partial charge is 0.310 e. The van der Waals surface area contributed by atoms with Crippen LogP contribution in [-0.2, 0) is 4.79 Å². The standard InChI is InChI=1S/C12H23NO2S/c1-12(11(14)15)6-5-8-13(10-12)7-3-4-9-16-2/h3-10H2,1-2H3,(H,14,15). The zero-order valence-corrected chi connectivity index (χ0v) is 11.2. The van der Waals surface area contributed by atoms with Crippen molar-refractivity contribution in [2.24, 2.45) is 5.41 Å². The van der Waals surface area contributed by atoms with Crippen molar-refractivity contribution < 1.29 is 9.90 Å². The van der Waals surface area contributed by atoms with Crippen LogP contribution < -0.4 is 0 Å². The summed E-state index contributed by atoms with van der Waals surface area (Å²) in [6.07, 6.45) is 6.40. The molecule has 1 fully saturated rings. The van der Waals surface area contributed by atoms with Crippen molar-refractivity contribution in [3.8, 4) is 0 Å². The Morgan fingerprint density at radius 2 is 2.25 bits per heavy atom. The third kappa shape index (κ3) is 3.98. The number of hydrogen-bond acceptors (Lipinski definition) is 3. The minimum Gasteiger partial charge on any atom is -0.481 e. The first-order valence-corrected chi connectivity index (χ1v) is 7.42. The predicted octanol–water partition coefficient (Wildman–Crippen LogP) is 2.32. The van der Waals surface area contributed by atoms with Crippen LogP contribution in [-0.4, -0.2) is 47.6 Å². The SMILES string of the molecule is CSCCCCN1CCCC(C)(C(=O)O)C1. The minimum atomic E-state index is -0.638. The fraction of sp³-hybridized carbons (Fsp3) is 0.917. The van der Waals surface area contributed by atoms with E-state index in [1.54, 1.807) is 0 Å². The summed E-state index contributed by atoms with van der Waals surface area (Å²) in [5, 5.41) is 9.19. The molecule has 0 aliphatic carbocycles. The second-order valence-electron chi connectivity index (χ2n) is 4.95. The first kappa shape index (κ1) is 13.8. The van der Waals surface area contributed by atoms with E-state index in [0.717, 1.165) is 32.5 Å². The van der Waals surface area contributed by atoms with Gasteiger partial charge in [0.05, 0.1) is 5.41 Å². The number of unbranched alkanes of at least 4 members (excludes halogenated alkanes) is 1. The second-order valence-corrected chi connectivity index (χ2v) is 5.93. The molecule has 16 heavy (non-hydrogen) atoms. The highest BCUT2D eigenvalue weighted by Crippen LogP contribution is 2.29. The van der Waals surface area contributed by atoms with Crippen molar-refractivity contribution in [3.05, 3.63) is 0 Å². The molecule has 0 radical (unpaired) electrons. The Morgan fingerprint density at radius 3 is 2.88 bits per heavy atom. The Balaban J connectivity index is 2.30. The Labute approximate surface area is 103 Å². The topological polar surface area (TPSA) is 40.5 Å². The summed E-state index contributed by atoms with van der Waals surface area (Å²) >= 11 is 1.88. The van der Waals surface area contributed by atoms with Crippen LogP contribution in [0, 0.1) is 5.41 Å². The van der Waals surface area contributed by atoms with Gasteiger partial charge in [0.1, 0.15) is 0 Å². The van der Waals surface area contributed by atoms with E-state index in [1.165, 1.54) is 18.6 Å². The lowest BCUT2D eigenvalue weighted by Crippen LogP contribution is -2.46. The lowest BCUT2D eigenvalue weighted by molar-refractivity contribution is -0.151. The summed E-state index contributed by atoms with van der Waals surface area (Å²) in [7, 11) is 0. The van der Waals surface area contributed by atoms with Crippen molar-refractivity contribution in [3.63, 3.8) is 0 Å². The molecule has 1 aliphatic rings. The lowest BCUT2D eigenvalue weighted by atomic mass is 9.82. The van der Waals surface area contributed by atoms with Crippen LogP contribution in [0.15, 0.2) is 0 Å². The number of carboxylic acids is 1. The predicted molar refractivity (Wildman–Crippen MR) is 69.0 cm³/mol. The van der Waals surface area contributed by atoms with Gasteiger partial charge in [-0.05, 0) is 57.7 Å². The van der Waals surface area contributed by atoms with Gasteiger partial charge in [-0.3, -0.25) is 4.79 Å². The highest BCUT2D eigenvalue weighted by atomic mass is 32.2. The third-order valence-corrected chi connectivity index (χ3v) is 4.06. The zero-order valence-electron chi connectivity index (χ0n) is 10.4. The Morgan fingerprint density at radius 1 is 1.50 bits per heavy atom. The maximum Gasteiger partial charge on any atom is 0.310 e. The highest BCUT2D eigenvalue weighted by Gasteiger charge is 2.37. The zero-order chi connectivity index (χ0) is 12.0. The van der Waals surface area contributed by atoms with Crippen LogP contribution in [0.1, 0.15) is 32.6 Å². The Hall–Kier alpha value is -0.220. The van der Waals surface area contributed by atoms with Crippen molar-refractivity contribution in [2.45, 2.75) is 32.6 Å². The molecule has 1 rings (SSSR count). The largest absolute Gasteiger partial charge is 0.481 e. The van der Waals surface area contributed by atoms with E-state index in [0.29, 0.717) is 0 Å². The molecule has 1 unspecified atom stereocenters. The lowest BCUT2D eigenvalue weighted by Gasteiger charge is -2.37. The van der Waals surface area contributed by atoms with Gasteiger partial charge in [0, 0.05) is 6.54 Å². The van der Waals surface area contributed by atoms with E-state index in [9.17, 15) is 9.90 Å². The molecule has 0 aromatic heterocycles. The first-order valence-electron chi connectivity index (χ1n) is 6.03. The number of nitrogens with zero attached hydrogens (tertiary/aromatic N) is 1. The molecule has 4 heteroatoms. The first-order chi connectivity index (χ1) is 7.58. The molecule has 1 aliphatic heterocycles. The summed E-state index contributed by atoms with van der Waals surface area (Å²) in [6, 6.07) is 0. The summed E-state index contributed by atoms with van der Waals surface area (Å²) in [6.45, 7) is 4.73. The number of hydrogen-bond donors (Lipinski definition) is 1. The van der Waals surface area contributed by atoms with E-state index < -0.39 is 11.4 Å². The van der Waals surface area contributed by atoms with Gasteiger partial charge in [0.15, 0.2) is 0 Å². The summed E-state index contributed by atoms with van der Waals surface area (Å²) < 4.78 is 0. The number of rotatable bonds is 6. The maximum absolute atomic E-state index is 11.2. The van der Waals surface area contributed by atoms with Gasteiger partial charge < -0.3 is 10.0 Å². The van der Waals surface area contributed by atoms with E-state index in [-0.39, 0.29) is 0 Å². The molecule has 1 saturated heterocycles. The van der Waals surface area contributed by atoms with E-state index in [1.807, 2.05) is 18.7 Å². The minimum absolute atomic E-state index is 0.516. The van der Waals surface area contributed by atoms with Gasteiger partial charge in [0.25, 0.3) is 0 Å². The summed E-state index contributed by atoms with van der Waals surface area (Å²) in [4.78, 5) is 13.5. The van der Waals surface area contributed by atoms with E-state index >= 15 is 0 Å². The van der Waals surface area contributed by atoms with Crippen molar-refractivity contribution in [1.29, 1.82) is 0 Å². The van der Waals surface area contributed by atoms with Gasteiger partial charge in [-0.15, -0.1) is 0 Å². The molecule has 1 atom stereocenters. The Bertz CT molecular complexity index is 235. The molecular formula is C12H23NO2S. The van der Waals surface area contributed by atoms with Gasteiger partial charge in [-0.1, -0.05) is 0 Å². The van der Waals surface area contributed by atoms with Crippen molar-refractivity contribution in [2.75, 3.05) is 31.6 Å². The average Bonchev–Trinajstić information content (AvgIpc) is 2.24. The van der Waals surface area contributed by atoms with Crippen LogP contribution in [0.2, 0.25) is 0 Å². The fourth-order valence-corrected chi connectivity index (χ4v) is 2.78. The molecule has 1 heterocycles. The fourth-order valence-electron chi connectivity index (χ4n) is 2.29. The quantitative estimate of drug-likeness (QED) is 0.729. The molecule has 0 saturated carbocycles. The number of likely N-dealkylation sites (tertiary alicyclic amines) is 1. The normalized spacial score (nSPS) is 26.9. The number of carboxylic acid groups (broad SMARTS) is 1.